The predicted octanol–water partition coefficient (Wildman–Crippen LogP) is 5.80. The average Bonchev–Trinajstić information content (AvgIpc) is 3.37. The third-order valence-electron chi connectivity index (χ3n) is 4.63. The van der Waals surface area contributed by atoms with Gasteiger partial charge in [-0.1, -0.05) is 83.8 Å². The molecule has 0 atom stereocenters. The zero-order valence-electron chi connectivity index (χ0n) is 18.7. The molecule has 3 aromatic carbocycles. The highest BCUT2D eigenvalue weighted by atomic mass is 79.9. The molecule has 4 rings (SSSR count). The summed E-state index contributed by atoms with van der Waals surface area (Å²) in [5.41, 5.74) is 5.33. The molecule has 0 spiro atoms. The van der Waals surface area contributed by atoms with Gasteiger partial charge >= 0.3 is 0 Å². The van der Waals surface area contributed by atoms with E-state index in [2.05, 4.69) is 36.7 Å². The molecule has 0 saturated heterocycles. The Kier molecular flexibility index (Phi) is 8.88. The summed E-state index contributed by atoms with van der Waals surface area (Å²) in [6.45, 7) is 0.415. The molecule has 1 heterocycles. The van der Waals surface area contributed by atoms with E-state index >= 15 is 0 Å². The van der Waals surface area contributed by atoms with Crippen molar-refractivity contribution in [2.45, 2.75) is 10.9 Å². The van der Waals surface area contributed by atoms with E-state index in [1.165, 1.54) is 23.1 Å². The lowest BCUT2D eigenvalue weighted by atomic mass is 10.2. The van der Waals surface area contributed by atoms with E-state index in [1.807, 2.05) is 66.7 Å². The molecular formula is C25H21BrN4O3S2. The van der Waals surface area contributed by atoms with Crippen LogP contribution in [0.25, 0.3) is 10.6 Å². The number of carbonyl (C=O) groups is 1. The molecule has 0 aliphatic carbocycles. The maximum Gasteiger partial charge on any atom is 0.250 e. The van der Waals surface area contributed by atoms with Crippen molar-refractivity contribution in [3.8, 4) is 22.1 Å². The fraction of sp³-hybridized carbons (Fsp3) is 0.120. The van der Waals surface area contributed by atoms with E-state index in [9.17, 15) is 4.79 Å². The SMILES string of the molecule is COc1cc(C=NNC(=O)CSc2nnc(-c3ccccc3)s2)cc(Br)c1OCc1ccccc1. The minimum absolute atomic E-state index is 0.181. The lowest BCUT2D eigenvalue weighted by Crippen LogP contribution is -2.19. The Labute approximate surface area is 219 Å². The van der Waals surface area contributed by atoms with Gasteiger partial charge in [0.1, 0.15) is 11.6 Å². The van der Waals surface area contributed by atoms with Crippen molar-refractivity contribution in [2.75, 3.05) is 12.9 Å². The van der Waals surface area contributed by atoms with Crippen LogP contribution >= 0.6 is 39.0 Å². The molecule has 0 saturated carbocycles. The summed E-state index contributed by atoms with van der Waals surface area (Å²) in [6.07, 6.45) is 1.55. The number of halogens is 1. The van der Waals surface area contributed by atoms with Crippen molar-refractivity contribution in [3.63, 3.8) is 0 Å². The predicted molar refractivity (Wildman–Crippen MR) is 143 cm³/mol. The molecule has 1 aromatic heterocycles. The van der Waals surface area contributed by atoms with Gasteiger partial charge in [0.2, 0.25) is 0 Å². The van der Waals surface area contributed by atoms with Gasteiger partial charge in [-0.15, -0.1) is 10.2 Å². The number of hydrogen-bond donors (Lipinski definition) is 1. The van der Waals surface area contributed by atoms with Crippen LogP contribution < -0.4 is 14.9 Å². The molecule has 7 nitrogen and oxygen atoms in total. The number of nitrogens with zero attached hydrogens (tertiary/aromatic N) is 3. The monoisotopic (exact) mass is 568 g/mol. The molecule has 1 amide bonds. The van der Waals surface area contributed by atoms with Crippen LogP contribution in [0.5, 0.6) is 11.5 Å². The number of rotatable bonds is 10. The van der Waals surface area contributed by atoms with Gasteiger partial charge in [0.05, 0.1) is 23.5 Å². The summed E-state index contributed by atoms with van der Waals surface area (Å²) in [4.78, 5) is 12.2. The summed E-state index contributed by atoms with van der Waals surface area (Å²) in [6, 6.07) is 23.3. The van der Waals surface area contributed by atoms with Gasteiger partial charge in [-0.3, -0.25) is 4.79 Å². The van der Waals surface area contributed by atoms with E-state index in [-0.39, 0.29) is 11.7 Å². The van der Waals surface area contributed by atoms with Crippen LogP contribution in [0.1, 0.15) is 11.1 Å². The van der Waals surface area contributed by atoms with E-state index < -0.39 is 0 Å². The highest BCUT2D eigenvalue weighted by molar-refractivity contribution is 9.10. The fourth-order valence-corrected chi connectivity index (χ4v) is 5.21. The molecule has 0 unspecified atom stereocenters. The fourth-order valence-electron chi connectivity index (χ4n) is 2.99. The minimum Gasteiger partial charge on any atom is -0.493 e. The smallest absolute Gasteiger partial charge is 0.250 e. The second-order valence-electron chi connectivity index (χ2n) is 7.13. The number of aromatic nitrogens is 2. The number of hydrazone groups is 1. The lowest BCUT2D eigenvalue weighted by Gasteiger charge is -2.13. The van der Waals surface area contributed by atoms with Crippen LogP contribution in [0.15, 0.2) is 86.7 Å². The second kappa shape index (κ2) is 12.5. The Morgan fingerprint density at radius 2 is 1.86 bits per heavy atom. The van der Waals surface area contributed by atoms with Crippen LogP contribution in [-0.2, 0) is 11.4 Å². The first kappa shape index (κ1) is 24.9. The average molecular weight is 570 g/mol. The number of thioether (sulfide) groups is 1. The molecule has 10 heteroatoms. The zero-order valence-corrected chi connectivity index (χ0v) is 21.9. The van der Waals surface area contributed by atoms with Crippen LogP contribution in [0.4, 0.5) is 0 Å². The topological polar surface area (TPSA) is 85.7 Å². The van der Waals surface area contributed by atoms with Crippen LogP contribution in [-0.4, -0.2) is 35.2 Å². The number of carbonyl (C=O) groups excluding carboxylic acids is 1. The zero-order chi connectivity index (χ0) is 24.5. The summed E-state index contributed by atoms with van der Waals surface area (Å²) < 4.78 is 12.9. The molecule has 0 fully saturated rings. The van der Waals surface area contributed by atoms with Gasteiger partial charge in [0, 0.05) is 5.56 Å². The molecule has 35 heavy (non-hydrogen) atoms. The van der Waals surface area contributed by atoms with Gasteiger partial charge < -0.3 is 9.47 Å². The Balaban J connectivity index is 1.30. The largest absolute Gasteiger partial charge is 0.493 e. The first-order chi connectivity index (χ1) is 17.1. The van der Waals surface area contributed by atoms with Crippen LogP contribution in [0.2, 0.25) is 0 Å². The summed E-state index contributed by atoms with van der Waals surface area (Å²) in [5, 5.41) is 13.2. The normalized spacial score (nSPS) is 10.9. The first-order valence-corrected chi connectivity index (χ1v) is 13.1. The lowest BCUT2D eigenvalue weighted by molar-refractivity contribution is -0.118. The van der Waals surface area contributed by atoms with Gasteiger partial charge in [0.15, 0.2) is 15.8 Å². The Morgan fingerprint density at radius 3 is 2.60 bits per heavy atom. The third-order valence-corrected chi connectivity index (χ3v) is 7.33. The summed E-state index contributed by atoms with van der Waals surface area (Å²) in [5.74, 6) is 1.10. The van der Waals surface area contributed by atoms with Crippen molar-refractivity contribution in [1.29, 1.82) is 0 Å². The van der Waals surface area contributed by atoms with Gasteiger partial charge in [-0.05, 0) is 39.2 Å². The molecule has 178 valence electrons. The standard InChI is InChI=1S/C25H21BrN4O3S2/c1-32-21-13-18(12-20(26)23(21)33-15-17-8-4-2-5-9-17)14-27-28-22(31)16-34-25-30-29-24(35-25)19-10-6-3-7-11-19/h2-14H,15-16H2,1H3,(H,28,31). The summed E-state index contributed by atoms with van der Waals surface area (Å²) in [7, 11) is 1.58. The number of ether oxygens (including phenoxy) is 2. The molecule has 1 N–H and O–H groups in total. The van der Waals surface area contributed by atoms with Gasteiger partial charge in [-0.25, -0.2) is 5.43 Å². The van der Waals surface area contributed by atoms with Crippen molar-refractivity contribution >= 4 is 51.2 Å². The third kappa shape index (κ3) is 7.14. The molecule has 4 aromatic rings. The molecular weight excluding hydrogens is 548 g/mol. The van der Waals surface area contributed by atoms with Crippen LogP contribution in [0.3, 0.4) is 0 Å². The maximum absolute atomic E-state index is 12.2. The first-order valence-electron chi connectivity index (χ1n) is 10.5. The molecule has 0 aliphatic rings. The summed E-state index contributed by atoms with van der Waals surface area (Å²) >= 11 is 6.30. The van der Waals surface area contributed by atoms with Crippen molar-refractivity contribution in [2.24, 2.45) is 5.10 Å². The van der Waals surface area contributed by atoms with Crippen LogP contribution in [0, 0.1) is 0 Å². The number of amides is 1. The number of hydrogen-bond acceptors (Lipinski definition) is 8. The highest BCUT2D eigenvalue weighted by Gasteiger charge is 2.12. The van der Waals surface area contributed by atoms with E-state index in [1.54, 1.807) is 19.4 Å². The molecule has 0 bridgehead atoms. The Bertz CT molecular complexity index is 1300. The quantitative estimate of drug-likeness (QED) is 0.148. The van der Waals surface area contributed by atoms with Crippen molar-refractivity contribution < 1.29 is 14.3 Å². The molecule has 0 radical (unpaired) electrons. The van der Waals surface area contributed by atoms with Crippen molar-refractivity contribution in [1.82, 2.24) is 15.6 Å². The van der Waals surface area contributed by atoms with Gasteiger partial charge in [-0.2, -0.15) is 5.10 Å². The number of nitrogens with one attached hydrogen (secondary N) is 1. The Morgan fingerprint density at radius 1 is 1.11 bits per heavy atom. The van der Waals surface area contributed by atoms with Crippen molar-refractivity contribution in [3.05, 3.63) is 88.4 Å². The van der Waals surface area contributed by atoms with E-state index in [0.717, 1.165) is 30.5 Å². The van der Waals surface area contributed by atoms with E-state index in [4.69, 9.17) is 9.47 Å². The Hall–Kier alpha value is -3.21. The maximum atomic E-state index is 12.2. The van der Waals surface area contributed by atoms with Gasteiger partial charge in [0.25, 0.3) is 5.91 Å². The second-order valence-corrected chi connectivity index (χ2v) is 10.2. The number of benzene rings is 3. The highest BCUT2D eigenvalue weighted by Crippen LogP contribution is 2.37. The minimum atomic E-state index is -0.239. The number of methoxy groups -OCH3 is 1. The molecule has 0 aliphatic heterocycles. The van der Waals surface area contributed by atoms with E-state index in [0.29, 0.717) is 18.1 Å².